The number of rotatable bonds is 5. The Bertz CT molecular complexity index is 927. The van der Waals surface area contributed by atoms with Crippen molar-refractivity contribution < 1.29 is 4.79 Å². The molecule has 6 heteroatoms. The average Bonchev–Trinajstić information content (AvgIpc) is 3.36. The number of benzene rings is 1. The van der Waals surface area contributed by atoms with Gasteiger partial charge in [0.2, 0.25) is 5.91 Å². The summed E-state index contributed by atoms with van der Waals surface area (Å²) in [6, 6.07) is 16.3. The molecule has 0 saturated carbocycles. The molecule has 0 unspecified atom stereocenters. The summed E-state index contributed by atoms with van der Waals surface area (Å²) in [4.78, 5) is 15.0. The first-order chi connectivity index (χ1) is 13.1. The lowest BCUT2D eigenvalue weighted by molar-refractivity contribution is -0.117. The molecule has 3 aromatic rings. The fraction of sp³-hybridized carbons (Fsp3) is 0.333. The molecule has 3 heterocycles. The van der Waals surface area contributed by atoms with Crippen LogP contribution in [0.5, 0.6) is 0 Å². The molecule has 1 aliphatic heterocycles. The number of hydrogen-bond acceptors (Lipinski definition) is 3. The first kappa shape index (κ1) is 17.5. The summed E-state index contributed by atoms with van der Waals surface area (Å²) >= 11 is 0. The predicted molar refractivity (Wildman–Crippen MR) is 106 cm³/mol. The number of hydrogen-bond donors (Lipinski definition) is 1. The van der Waals surface area contributed by atoms with Crippen molar-refractivity contribution in [2.45, 2.75) is 25.8 Å². The third kappa shape index (κ3) is 3.66. The zero-order valence-corrected chi connectivity index (χ0v) is 15.8. The quantitative estimate of drug-likeness (QED) is 0.757. The molecule has 0 bridgehead atoms. The van der Waals surface area contributed by atoms with E-state index in [0.29, 0.717) is 18.4 Å². The Labute approximate surface area is 159 Å². The van der Waals surface area contributed by atoms with Gasteiger partial charge >= 0.3 is 0 Å². The number of carbonyl (C=O) groups excluding carboxylic acids is 1. The highest BCUT2D eigenvalue weighted by Crippen LogP contribution is 2.31. The van der Waals surface area contributed by atoms with E-state index in [9.17, 15) is 4.79 Å². The SMILES string of the molecule is Cc1cc(NC(=O)CN2CCC[C@H]2c2cccn2C)n(-c2ccccc2)n1. The van der Waals surface area contributed by atoms with Crippen molar-refractivity contribution >= 4 is 11.7 Å². The van der Waals surface area contributed by atoms with E-state index in [0.717, 1.165) is 30.8 Å². The van der Waals surface area contributed by atoms with Crippen LogP contribution in [0, 0.1) is 6.92 Å². The number of amides is 1. The fourth-order valence-electron chi connectivity index (χ4n) is 3.89. The van der Waals surface area contributed by atoms with Gasteiger partial charge in [0.05, 0.1) is 24.0 Å². The minimum atomic E-state index is -0.00631. The lowest BCUT2D eigenvalue weighted by atomic mass is 10.1. The summed E-state index contributed by atoms with van der Waals surface area (Å²) in [6.07, 6.45) is 4.27. The van der Waals surface area contributed by atoms with Crippen LogP contribution in [0.15, 0.2) is 54.7 Å². The highest BCUT2D eigenvalue weighted by atomic mass is 16.2. The van der Waals surface area contributed by atoms with Crippen molar-refractivity contribution in [1.82, 2.24) is 19.2 Å². The van der Waals surface area contributed by atoms with E-state index >= 15 is 0 Å². The second kappa shape index (κ2) is 7.40. The van der Waals surface area contributed by atoms with Crippen LogP contribution >= 0.6 is 0 Å². The molecule has 1 N–H and O–H groups in total. The highest BCUT2D eigenvalue weighted by molar-refractivity contribution is 5.91. The molecule has 0 aliphatic carbocycles. The minimum absolute atomic E-state index is 0.00631. The summed E-state index contributed by atoms with van der Waals surface area (Å²) in [7, 11) is 2.06. The van der Waals surface area contributed by atoms with Gasteiger partial charge in [0.15, 0.2) is 0 Å². The van der Waals surface area contributed by atoms with E-state index in [1.807, 2.05) is 43.3 Å². The van der Waals surface area contributed by atoms with Crippen LogP contribution in [0.4, 0.5) is 5.82 Å². The summed E-state index contributed by atoms with van der Waals surface area (Å²) in [5, 5.41) is 7.57. The Morgan fingerprint density at radius 1 is 1.22 bits per heavy atom. The van der Waals surface area contributed by atoms with Gasteiger partial charge < -0.3 is 9.88 Å². The molecule has 0 spiro atoms. The van der Waals surface area contributed by atoms with E-state index in [1.165, 1.54) is 5.69 Å². The molecule has 6 nitrogen and oxygen atoms in total. The third-order valence-electron chi connectivity index (χ3n) is 5.14. The molecule has 1 amide bonds. The van der Waals surface area contributed by atoms with Crippen LogP contribution in [-0.4, -0.2) is 38.2 Å². The third-order valence-corrected chi connectivity index (χ3v) is 5.14. The molecule has 140 valence electrons. The standard InChI is InChI=1S/C21H25N5O/c1-16-14-20(26(23-16)17-8-4-3-5-9-17)22-21(27)15-25-13-7-11-19(25)18-10-6-12-24(18)2/h3-6,8-10,12,14,19H,7,11,13,15H2,1-2H3,(H,22,27)/t19-/m0/s1. The van der Waals surface area contributed by atoms with Crippen LogP contribution in [0.25, 0.3) is 5.69 Å². The molecule has 4 rings (SSSR count). The Hall–Kier alpha value is -2.86. The number of carbonyl (C=O) groups is 1. The molecular formula is C21H25N5O. The largest absolute Gasteiger partial charge is 0.353 e. The molecule has 1 saturated heterocycles. The number of nitrogens with one attached hydrogen (secondary N) is 1. The van der Waals surface area contributed by atoms with Crippen LogP contribution in [0.1, 0.15) is 30.3 Å². The maximum absolute atomic E-state index is 12.8. The van der Waals surface area contributed by atoms with Gasteiger partial charge in [-0.1, -0.05) is 18.2 Å². The molecule has 0 radical (unpaired) electrons. The van der Waals surface area contributed by atoms with E-state index in [4.69, 9.17) is 0 Å². The van der Waals surface area contributed by atoms with Gasteiger partial charge in [-0.2, -0.15) is 5.10 Å². The molecule has 1 fully saturated rings. The second-order valence-corrected chi connectivity index (χ2v) is 7.14. The monoisotopic (exact) mass is 363 g/mol. The number of para-hydroxylation sites is 1. The molecular weight excluding hydrogens is 338 g/mol. The zero-order chi connectivity index (χ0) is 18.8. The molecule has 1 atom stereocenters. The second-order valence-electron chi connectivity index (χ2n) is 7.14. The van der Waals surface area contributed by atoms with Crippen LogP contribution in [0.3, 0.4) is 0 Å². The molecule has 2 aromatic heterocycles. The van der Waals surface area contributed by atoms with Crippen molar-refractivity contribution in [1.29, 1.82) is 0 Å². The van der Waals surface area contributed by atoms with Gasteiger partial charge in [0, 0.05) is 25.0 Å². The van der Waals surface area contributed by atoms with Gasteiger partial charge in [-0.25, -0.2) is 4.68 Å². The van der Waals surface area contributed by atoms with Crippen molar-refractivity contribution in [3.63, 3.8) is 0 Å². The van der Waals surface area contributed by atoms with Gasteiger partial charge in [-0.15, -0.1) is 0 Å². The highest BCUT2D eigenvalue weighted by Gasteiger charge is 2.29. The van der Waals surface area contributed by atoms with E-state index in [1.54, 1.807) is 4.68 Å². The number of anilines is 1. The Morgan fingerprint density at radius 2 is 2.04 bits per heavy atom. The number of likely N-dealkylation sites (tertiary alicyclic amines) is 1. The average molecular weight is 363 g/mol. The van der Waals surface area contributed by atoms with Crippen molar-refractivity contribution in [2.24, 2.45) is 7.05 Å². The molecule has 1 aromatic carbocycles. The summed E-state index contributed by atoms with van der Waals surface area (Å²) in [6.45, 7) is 3.26. The maximum Gasteiger partial charge on any atom is 0.239 e. The fourth-order valence-corrected chi connectivity index (χ4v) is 3.89. The lowest BCUT2D eigenvalue weighted by Crippen LogP contribution is -2.33. The Kier molecular flexibility index (Phi) is 4.81. The van der Waals surface area contributed by atoms with E-state index in [-0.39, 0.29) is 5.91 Å². The minimum Gasteiger partial charge on any atom is -0.353 e. The van der Waals surface area contributed by atoms with Crippen molar-refractivity contribution in [3.8, 4) is 5.69 Å². The van der Waals surface area contributed by atoms with E-state index in [2.05, 4.69) is 45.3 Å². The van der Waals surface area contributed by atoms with Gasteiger partial charge in [-0.05, 0) is 50.6 Å². The first-order valence-electron chi connectivity index (χ1n) is 9.39. The number of aromatic nitrogens is 3. The Morgan fingerprint density at radius 3 is 2.78 bits per heavy atom. The molecule has 1 aliphatic rings. The van der Waals surface area contributed by atoms with Crippen LogP contribution in [0.2, 0.25) is 0 Å². The number of aryl methyl sites for hydroxylation is 2. The first-order valence-corrected chi connectivity index (χ1v) is 9.39. The number of nitrogens with zero attached hydrogens (tertiary/aromatic N) is 4. The van der Waals surface area contributed by atoms with Gasteiger partial charge in [0.25, 0.3) is 0 Å². The van der Waals surface area contributed by atoms with Gasteiger partial charge in [0.1, 0.15) is 5.82 Å². The smallest absolute Gasteiger partial charge is 0.239 e. The summed E-state index contributed by atoms with van der Waals surface area (Å²) < 4.78 is 3.93. The van der Waals surface area contributed by atoms with Crippen LogP contribution in [-0.2, 0) is 11.8 Å². The van der Waals surface area contributed by atoms with Crippen LogP contribution < -0.4 is 5.32 Å². The zero-order valence-electron chi connectivity index (χ0n) is 15.8. The maximum atomic E-state index is 12.8. The van der Waals surface area contributed by atoms with Crippen molar-refractivity contribution in [2.75, 3.05) is 18.4 Å². The predicted octanol–water partition coefficient (Wildman–Crippen LogP) is 3.29. The van der Waals surface area contributed by atoms with Crippen molar-refractivity contribution in [3.05, 3.63) is 66.1 Å². The van der Waals surface area contributed by atoms with Gasteiger partial charge in [-0.3, -0.25) is 9.69 Å². The molecule has 27 heavy (non-hydrogen) atoms. The van der Waals surface area contributed by atoms with E-state index < -0.39 is 0 Å². The topological polar surface area (TPSA) is 55.1 Å². The Balaban J connectivity index is 1.48. The summed E-state index contributed by atoms with van der Waals surface area (Å²) in [5.41, 5.74) is 3.08. The summed E-state index contributed by atoms with van der Waals surface area (Å²) in [5.74, 6) is 0.700. The normalized spacial score (nSPS) is 17.3. The lowest BCUT2D eigenvalue weighted by Gasteiger charge is -2.24.